The van der Waals surface area contributed by atoms with Gasteiger partial charge in [-0.2, -0.15) is 11.8 Å². The minimum absolute atomic E-state index is 0.0624. The summed E-state index contributed by atoms with van der Waals surface area (Å²) in [5.41, 5.74) is -0.170. The van der Waals surface area contributed by atoms with Crippen molar-refractivity contribution in [1.29, 1.82) is 0 Å². The summed E-state index contributed by atoms with van der Waals surface area (Å²) in [6.07, 6.45) is 0.784. The van der Waals surface area contributed by atoms with Gasteiger partial charge in [-0.3, -0.25) is 0 Å². The molecular weight excluding hydrogens is 302 g/mol. The third-order valence-corrected chi connectivity index (χ3v) is 5.64. The molecule has 6 nitrogen and oxygen atoms in total. The molecule has 2 rings (SSSR count). The molecule has 1 unspecified atom stereocenters. The van der Waals surface area contributed by atoms with E-state index in [2.05, 4.69) is 4.72 Å². The number of ether oxygens (including phenoxy) is 1. The number of thioether (sulfide) groups is 1. The summed E-state index contributed by atoms with van der Waals surface area (Å²) in [6, 6.07) is 3.71. The summed E-state index contributed by atoms with van der Waals surface area (Å²) in [7, 11) is -2.37. The van der Waals surface area contributed by atoms with Crippen molar-refractivity contribution in [3.05, 3.63) is 23.8 Å². The first-order valence-electron chi connectivity index (χ1n) is 5.95. The Kier molecular flexibility index (Phi) is 4.56. The van der Waals surface area contributed by atoms with Crippen molar-refractivity contribution in [1.82, 2.24) is 4.72 Å². The lowest BCUT2D eigenvalue weighted by Gasteiger charge is -2.13. The first-order chi connectivity index (χ1) is 9.44. The van der Waals surface area contributed by atoms with Gasteiger partial charge in [0.15, 0.2) is 0 Å². The molecule has 1 heterocycles. The quantitative estimate of drug-likeness (QED) is 0.847. The fraction of sp³-hybridized carbons (Fsp3) is 0.417. The van der Waals surface area contributed by atoms with Crippen LogP contribution in [0.25, 0.3) is 0 Å². The molecule has 1 atom stereocenters. The Morgan fingerprint density at radius 3 is 2.80 bits per heavy atom. The number of nitrogens with one attached hydrogen (secondary N) is 1. The highest BCUT2D eigenvalue weighted by Crippen LogP contribution is 2.24. The Labute approximate surface area is 121 Å². The van der Waals surface area contributed by atoms with Crippen LogP contribution in [0.4, 0.5) is 0 Å². The van der Waals surface area contributed by atoms with Crippen molar-refractivity contribution in [2.75, 3.05) is 18.6 Å². The molecule has 1 aromatic carbocycles. The number of carboxylic acid groups (broad SMARTS) is 1. The number of carboxylic acids is 1. The Bertz CT molecular complexity index is 608. The van der Waals surface area contributed by atoms with E-state index in [0.717, 1.165) is 24.0 Å². The lowest BCUT2D eigenvalue weighted by molar-refractivity contribution is 0.0693. The summed E-state index contributed by atoms with van der Waals surface area (Å²) in [4.78, 5) is 11.0. The van der Waals surface area contributed by atoms with Gasteiger partial charge < -0.3 is 9.84 Å². The normalized spacial score (nSPS) is 18.9. The second kappa shape index (κ2) is 6.02. The Morgan fingerprint density at radius 2 is 2.25 bits per heavy atom. The third kappa shape index (κ3) is 3.25. The van der Waals surface area contributed by atoms with Crippen LogP contribution in [0.1, 0.15) is 16.8 Å². The van der Waals surface area contributed by atoms with Gasteiger partial charge in [-0.15, -0.1) is 0 Å². The van der Waals surface area contributed by atoms with Crippen molar-refractivity contribution in [2.45, 2.75) is 17.4 Å². The van der Waals surface area contributed by atoms with E-state index in [1.807, 2.05) is 0 Å². The number of methoxy groups -OCH3 is 1. The number of hydrogen-bond acceptors (Lipinski definition) is 5. The van der Waals surface area contributed by atoms with Crippen LogP contribution in [0.5, 0.6) is 5.75 Å². The molecular formula is C12H15NO5S2. The topological polar surface area (TPSA) is 92.7 Å². The van der Waals surface area contributed by atoms with E-state index < -0.39 is 16.0 Å². The predicted molar refractivity (Wildman–Crippen MR) is 76.0 cm³/mol. The molecule has 2 N–H and O–H groups in total. The standard InChI is InChI=1S/C12H15NO5S2/c1-18-11-3-2-9(6-10(11)12(14)15)20(16,17)13-8-4-5-19-7-8/h2-3,6,8,13H,4-5,7H2,1H3,(H,14,15). The van der Waals surface area contributed by atoms with Crippen LogP contribution in [-0.2, 0) is 10.0 Å². The predicted octanol–water partition coefficient (Wildman–Crippen LogP) is 1.18. The fourth-order valence-electron chi connectivity index (χ4n) is 1.94. The van der Waals surface area contributed by atoms with Crippen LogP contribution < -0.4 is 9.46 Å². The summed E-state index contributed by atoms with van der Waals surface area (Å²) >= 11 is 1.69. The summed E-state index contributed by atoms with van der Waals surface area (Å²) in [6.45, 7) is 0. The Morgan fingerprint density at radius 1 is 1.50 bits per heavy atom. The fourth-order valence-corrected chi connectivity index (χ4v) is 4.49. The van der Waals surface area contributed by atoms with Crippen molar-refractivity contribution in [3.8, 4) is 5.75 Å². The van der Waals surface area contributed by atoms with Crippen LogP contribution in [0, 0.1) is 0 Å². The van der Waals surface area contributed by atoms with Gasteiger partial charge in [-0.1, -0.05) is 0 Å². The molecule has 1 saturated heterocycles. The SMILES string of the molecule is COc1ccc(S(=O)(=O)NC2CCSC2)cc1C(=O)O. The summed E-state index contributed by atoms with van der Waals surface area (Å²) < 4.78 is 31.9. The van der Waals surface area contributed by atoms with Gasteiger partial charge in [0.2, 0.25) is 10.0 Å². The van der Waals surface area contributed by atoms with Gasteiger partial charge >= 0.3 is 5.97 Å². The zero-order valence-electron chi connectivity index (χ0n) is 10.8. The van der Waals surface area contributed by atoms with Gasteiger partial charge in [-0.05, 0) is 30.4 Å². The summed E-state index contributed by atoms with van der Waals surface area (Å²) in [5.74, 6) is 0.570. The van der Waals surface area contributed by atoms with Gasteiger partial charge in [-0.25, -0.2) is 17.9 Å². The van der Waals surface area contributed by atoms with Crippen LogP contribution in [-0.4, -0.2) is 44.2 Å². The molecule has 8 heteroatoms. The van der Waals surface area contributed by atoms with Crippen LogP contribution in [0.2, 0.25) is 0 Å². The first kappa shape index (κ1) is 15.1. The maximum Gasteiger partial charge on any atom is 0.339 e. The van der Waals surface area contributed by atoms with Crippen LogP contribution in [0.15, 0.2) is 23.1 Å². The van der Waals surface area contributed by atoms with E-state index in [1.165, 1.54) is 19.2 Å². The average molecular weight is 317 g/mol. The highest BCUT2D eigenvalue weighted by atomic mass is 32.2. The number of carbonyl (C=O) groups is 1. The zero-order valence-corrected chi connectivity index (χ0v) is 12.5. The molecule has 0 aromatic heterocycles. The molecule has 0 saturated carbocycles. The van der Waals surface area contributed by atoms with Gasteiger partial charge in [0, 0.05) is 11.8 Å². The van der Waals surface area contributed by atoms with Crippen molar-refractivity contribution >= 4 is 27.8 Å². The molecule has 110 valence electrons. The minimum Gasteiger partial charge on any atom is -0.496 e. The molecule has 1 aliphatic heterocycles. The van der Waals surface area contributed by atoms with E-state index in [9.17, 15) is 13.2 Å². The van der Waals surface area contributed by atoms with Gasteiger partial charge in [0.05, 0.1) is 12.0 Å². The van der Waals surface area contributed by atoms with Crippen molar-refractivity contribution in [2.24, 2.45) is 0 Å². The van der Waals surface area contributed by atoms with E-state index >= 15 is 0 Å². The molecule has 1 fully saturated rings. The molecule has 20 heavy (non-hydrogen) atoms. The molecule has 0 aliphatic carbocycles. The molecule has 0 radical (unpaired) electrons. The second-order valence-electron chi connectivity index (χ2n) is 4.35. The third-order valence-electron chi connectivity index (χ3n) is 2.96. The van der Waals surface area contributed by atoms with Crippen LogP contribution >= 0.6 is 11.8 Å². The Balaban J connectivity index is 2.31. The Hall–Kier alpha value is -1.25. The lowest BCUT2D eigenvalue weighted by atomic mass is 10.2. The maximum atomic E-state index is 12.2. The van der Waals surface area contributed by atoms with Crippen molar-refractivity contribution < 1.29 is 23.1 Å². The largest absolute Gasteiger partial charge is 0.496 e. The molecule has 0 spiro atoms. The number of rotatable bonds is 5. The first-order valence-corrected chi connectivity index (χ1v) is 8.59. The number of aromatic carboxylic acids is 1. The zero-order chi connectivity index (χ0) is 14.8. The van der Waals surface area contributed by atoms with Crippen LogP contribution in [0.3, 0.4) is 0 Å². The van der Waals surface area contributed by atoms with E-state index in [-0.39, 0.29) is 22.3 Å². The van der Waals surface area contributed by atoms with E-state index in [1.54, 1.807) is 11.8 Å². The van der Waals surface area contributed by atoms with E-state index in [4.69, 9.17) is 9.84 Å². The molecule has 1 aromatic rings. The monoisotopic (exact) mass is 317 g/mol. The highest BCUT2D eigenvalue weighted by molar-refractivity contribution is 7.99. The lowest BCUT2D eigenvalue weighted by Crippen LogP contribution is -2.34. The van der Waals surface area contributed by atoms with Crippen molar-refractivity contribution in [3.63, 3.8) is 0 Å². The number of sulfonamides is 1. The summed E-state index contributed by atoms with van der Waals surface area (Å²) in [5, 5.41) is 9.07. The maximum absolute atomic E-state index is 12.2. The molecule has 0 amide bonds. The smallest absolute Gasteiger partial charge is 0.339 e. The average Bonchev–Trinajstić information content (AvgIpc) is 2.89. The van der Waals surface area contributed by atoms with Gasteiger partial charge in [0.1, 0.15) is 11.3 Å². The molecule has 0 bridgehead atoms. The second-order valence-corrected chi connectivity index (χ2v) is 7.21. The number of benzene rings is 1. The minimum atomic E-state index is -3.71. The molecule has 1 aliphatic rings. The number of hydrogen-bond donors (Lipinski definition) is 2. The van der Waals surface area contributed by atoms with Gasteiger partial charge in [0.25, 0.3) is 0 Å². The highest BCUT2D eigenvalue weighted by Gasteiger charge is 2.24. The van der Waals surface area contributed by atoms with E-state index in [0.29, 0.717) is 0 Å².